The summed E-state index contributed by atoms with van der Waals surface area (Å²) in [5.41, 5.74) is 1.64. The van der Waals surface area contributed by atoms with Crippen molar-refractivity contribution in [1.29, 1.82) is 0 Å². The largest absolute Gasteiger partial charge is 0.508 e. The first-order valence-electron chi connectivity index (χ1n) is 12.4. The van der Waals surface area contributed by atoms with Crippen molar-refractivity contribution in [2.24, 2.45) is 0 Å². The molecule has 39 heavy (non-hydrogen) atoms. The summed E-state index contributed by atoms with van der Waals surface area (Å²) in [4.78, 5) is 24.8. The van der Waals surface area contributed by atoms with E-state index in [0.29, 0.717) is 28.9 Å². The summed E-state index contributed by atoms with van der Waals surface area (Å²) < 4.78 is 51.6. The Kier molecular flexibility index (Phi) is 9.81. The molecule has 0 aliphatic rings. The normalized spacial score (nSPS) is 11.9. The molecule has 0 bridgehead atoms. The molecule has 3 rings (SSSR count). The highest BCUT2D eigenvalue weighted by atomic mass is 19.4. The van der Waals surface area contributed by atoms with E-state index in [2.05, 4.69) is 10.6 Å². The fourth-order valence-electron chi connectivity index (χ4n) is 4.13. The zero-order valence-corrected chi connectivity index (χ0v) is 21.9. The maximum atomic E-state index is 13.7. The monoisotopic (exact) mass is 544 g/mol. The first-order chi connectivity index (χ1) is 18.5. The van der Waals surface area contributed by atoms with Gasteiger partial charge in [-0.05, 0) is 72.0 Å². The lowest BCUT2D eigenvalue weighted by atomic mass is 9.90. The van der Waals surface area contributed by atoms with Gasteiger partial charge in [0.25, 0.3) is 0 Å². The highest BCUT2D eigenvalue weighted by molar-refractivity contribution is 5.79. The van der Waals surface area contributed by atoms with Gasteiger partial charge in [-0.1, -0.05) is 31.2 Å². The maximum absolute atomic E-state index is 13.7. The summed E-state index contributed by atoms with van der Waals surface area (Å²) in [6.45, 7) is 3.83. The molecule has 0 saturated heterocycles. The van der Waals surface area contributed by atoms with Gasteiger partial charge in [-0.3, -0.25) is 4.79 Å². The molecule has 3 aromatic rings. The van der Waals surface area contributed by atoms with Crippen LogP contribution in [0, 0.1) is 0 Å². The highest BCUT2D eigenvalue weighted by Gasteiger charge is 2.32. The lowest BCUT2D eigenvalue weighted by molar-refractivity contribution is -0.142. The predicted molar refractivity (Wildman–Crippen MR) is 140 cm³/mol. The zero-order chi connectivity index (χ0) is 28.6. The quantitative estimate of drug-likeness (QED) is 0.266. The number of phenols is 1. The van der Waals surface area contributed by atoms with Gasteiger partial charge in [0.15, 0.2) is 0 Å². The number of benzene rings is 3. The standard InChI is InChI=1S/C29H31F3N2O5/c1-4-25(34-28(37)33-17-18-6-10-21(35)11-7-18)23-16-20(29(30,31)32)9-12-22(23)24-14-19(8-13-26(24)38-3)15-27(36)39-5-2/h6-14,16,25,35H,4-5,15,17H2,1-3H3,(H2,33,34,37). The van der Waals surface area contributed by atoms with Crippen LogP contribution in [0.3, 0.4) is 0 Å². The van der Waals surface area contributed by atoms with Gasteiger partial charge in [-0.2, -0.15) is 13.2 Å². The average Bonchev–Trinajstić information content (AvgIpc) is 2.90. The number of hydrogen-bond acceptors (Lipinski definition) is 5. The minimum Gasteiger partial charge on any atom is -0.508 e. The van der Waals surface area contributed by atoms with Crippen LogP contribution in [0.2, 0.25) is 0 Å². The molecule has 7 nitrogen and oxygen atoms in total. The third-order valence-corrected chi connectivity index (χ3v) is 6.07. The molecule has 208 valence electrons. The SMILES string of the molecule is CCOC(=O)Cc1ccc(OC)c(-c2ccc(C(F)(F)F)cc2C(CC)NC(=O)NCc2ccc(O)cc2)c1. The van der Waals surface area contributed by atoms with Crippen molar-refractivity contribution in [2.75, 3.05) is 13.7 Å². The summed E-state index contributed by atoms with van der Waals surface area (Å²) in [6, 6.07) is 13.3. The lowest BCUT2D eigenvalue weighted by Gasteiger charge is -2.24. The Labute approximate surface area is 225 Å². The van der Waals surface area contributed by atoms with E-state index in [1.807, 2.05) is 0 Å². The number of phenolic OH excluding ortho intramolecular Hbond substituents is 1. The third kappa shape index (κ3) is 7.89. The minimum atomic E-state index is -4.59. The fraction of sp³-hybridized carbons (Fsp3) is 0.310. The zero-order valence-electron chi connectivity index (χ0n) is 21.9. The average molecular weight is 545 g/mol. The fourth-order valence-corrected chi connectivity index (χ4v) is 4.13. The molecule has 10 heteroatoms. The van der Waals surface area contributed by atoms with E-state index in [-0.39, 0.29) is 30.9 Å². The van der Waals surface area contributed by atoms with Crippen LogP contribution in [0.4, 0.5) is 18.0 Å². The summed E-state index contributed by atoms with van der Waals surface area (Å²) in [5, 5.41) is 14.9. The Balaban J connectivity index is 1.98. The van der Waals surface area contributed by atoms with Crippen LogP contribution in [0.5, 0.6) is 11.5 Å². The molecule has 0 aliphatic carbocycles. The summed E-state index contributed by atoms with van der Waals surface area (Å²) in [6.07, 6.45) is -4.32. The Hall–Kier alpha value is -4.21. The van der Waals surface area contributed by atoms with Crippen molar-refractivity contribution in [1.82, 2.24) is 10.6 Å². The van der Waals surface area contributed by atoms with E-state index >= 15 is 0 Å². The van der Waals surface area contributed by atoms with Gasteiger partial charge in [-0.15, -0.1) is 0 Å². The number of amides is 2. The van der Waals surface area contributed by atoms with Gasteiger partial charge in [0.2, 0.25) is 0 Å². The highest BCUT2D eigenvalue weighted by Crippen LogP contribution is 2.40. The van der Waals surface area contributed by atoms with E-state index < -0.39 is 29.8 Å². The third-order valence-electron chi connectivity index (χ3n) is 6.07. The molecule has 2 amide bonds. The molecule has 0 aromatic heterocycles. The molecule has 1 unspecified atom stereocenters. The molecule has 0 radical (unpaired) electrons. The van der Waals surface area contributed by atoms with Crippen molar-refractivity contribution >= 4 is 12.0 Å². The molecular formula is C29H31F3N2O5. The summed E-state index contributed by atoms with van der Waals surface area (Å²) >= 11 is 0. The van der Waals surface area contributed by atoms with E-state index in [1.54, 1.807) is 44.2 Å². The second-order valence-electron chi connectivity index (χ2n) is 8.77. The molecular weight excluding hydrogens is 513 g/mol. The molecule has 0 spiro atoms. The van der Waals surface area contributed by atoms with E-state index in [1.165, 1.54) is 25.3 Å². The number of ether oxygens (including phenoxy) is 2. The smallest absolute Gasteiger partial charge is 0.416 e. The predicted octanol–water partition coefficient (Wildman–Crippen LogP) is 6.14. The molecule has 0 fully saturated rings. The van der Waals surface area contributed by atoms with E-state index in [4.69, 9.17) is 9.47 Å². The number of carbonyl (C=O) groups is 2. The Morgan fingerprint density at radius 1 is 0.949 bits per heavy atom. The number of methoxy groups -OCH3 is 1. The van der Waals surface area contributed by atoms with Crippen LogP contribution in [0.1, 0.15) is 48.6 Å². The Morgan fingerprint density at radius 3 is 2.26 bits per heavy atom. The van der Waals surface area contributed by atoms with Crippen LogP contribution in [0.15, 0.2) is 60.7 Å². The summed E-state index contributed by atoms with van der Waals surface area (Å²) in [5.74, 6) is 0.0583. The molecule has 0 saturated carbocycles. The number of nitrogens with one attached hydrogen (secondary N) is 2. The topological polar surface area (TPSA) is 96.9 Å². The minimum absolute atomic E-state index is 0.0179. The lowest BCUT2D eigenvalue weighted by Crippen LogP contribution is -2.37. The molecule has 0 aliphatic heterocycles. The Bertz CT molecular complexity index is 1290. The summed E-state index contributed by atoms with van der Waals surface area (Å²) in [7, 11) is 1.44. The van der Waals surface area contributed by atoms with Gasteiger partial charge < -0.3 is 25.2 Å². The van der Waals surface area contributed by atoms with Crippen molar-refractivity contribution in [3.63, 3.8) is 0 Å². The van der Waals surface area contributed by atoms with E-state index in [9.17, 15) is 27.9 Å². The molecule has 3 N–H and O–H groups in total. The van der Waals surface area contributed by atoms with Crippen molar-refractivity contribution in [3.05, 3.63) is 82.9 Å². The van der Waals surface area contributed by atoms with Crippen molar-refractivity contribution in [2.45, 2.75) is 45.5 Å². The number of carbonyl (C=O) groups excluding carboxylic acids is 2. The number of rotatable bonds is 10. The van der Waals surface area contributed by atoms with Crippen molar-refractivity contribution < 1.29 is 37.3 Å². The van der Waals surface area contributed by atoms with Gasteiger partial charge >= 0.3 is 18.2 Å². The van der Waals surface area contributed by atoms with Crippen LogP contribution in [-0.2, 0) is 28.7 Å². The maximum Gasteiger partial charge on any atom is 0.416 e. The van der Waals surface area contributed by atoms with Gasteiger partial charge in [0.05, 0.1) is 31.7 Å². The van der Waals surface area contributed by atoms with Crippen LogP contribution >= 0.6 is 0 Å². The number of halogens is 3. The number of esters is 1. The van der Waals surface area contributed by atoms with Gasteiger partial charge in [-0.25, -0.2) is 4.79 Å². The second-order valence-corrected chi connectivity index (χ2v) is 8.77. The first kappa shape index (κ1) is 29.3. The second kappa shape index (κ2) is 13.0. The molecule has 1 atom stereocenters. The van der Waals surface area contributed by atoms with Crippen LogP contribution in [-0.4, -0.2) is 30.8 Å². The van der Waals surface area contributed by atoms with Crippen molar-refractivity contribution in [3.8, 4) is 22.6 Å². The van der Waals surface area contributed by atoms with E-state index in [0.717, 1.165) is 17.7 Å². The first-order valence-corrected chi connectivity index (χ1v) is 12.4. The van der Waals surface area contributed by atoms with Gasteiger partial charge in [0.1, 0.15) is 11.5 Å². The number of hydrogen-bond donors (Lipinski definition) is 3. The number of alkyl halides is 3. The van der Waals surface area contributed by atoms with Gasteiger partial charge in [0, 0.05) is 12.1 Å². The van der Waals surface area contributed by atoms with Crippen LogP contribution in [0.25, 0.3) is 11.1 Å². The number of aromatic hydroxyl groups is 1. The molecule has 0 heterocycles. The Morgan fingerprint density at radius 2 is 1.64 bits per heavy atom. The molecule has 3 aromatic carbocycles. The number of urea groups is 1. The van der Waals surface area contributed by atoms with Crippen LogP contribution < -0.4 is 15.4 Å².